The largest absolute Gasteiger partial charge is 0.497 e. The minimum Gasteiger partial charge on any atom is -0.497 e. The minimum absolute atomic E-state index is 0.115. The van der Waals surface area contributed by atoms with Gasteiger partial charge in [0.1, 0.15) is 10.8 Å². The van der Waals surface area contributed by atoms with Crippen LogP contribution in [0, 0.1) is 0 Å². The molecule has 0 fully saturated rings. The van der Waals surface area contributed by atoms with E-state index in [-0.39, 0.29) is 17.0 Å². The van der Waals surface area contributed by atoms with Crippen molar-refractivity contribution in [2.24, 2.45) is 4.99 Å². The summed E-state index contributed by atoms with van der Waals surface area (Å²) in [6.07, 6.45) is 2.54. The molecule has 5 nitrogen and oxygen atoms in total. The molecule has 2 heterocycles. The molecule has 0 radical (unpaired) electrons. The number of nitrogens with zero attached hydrogens (tertiary/aromatic N) is 1. The highest BCUT2D eigenvalue weighted by Gasteiger charge is 2.41. The normalized spacial score (nSPS) is 17.4. The van der Waals surface area contributed by atoms with Gasteiger partial charge in [0.15, 0.2) is 0 Å². The predicted molar refractivity (Wildman–Crippen MR) is 114 cm³/mol. The zero-order chi connectivity index (χ0) is 20.5. The number of benzene rings is 1. The zero-order valence-electron chi connectivity index (χ0n) is 17.4. The summed E-state index contributed by atoms with van der Waals surface area (Å²) in [5.74, 6) is 0.501. The van der Waals surface area contributed by atoms with Gasteiger partial charge in [-0.15, -0.1) is 11.3 Å². The maximum absolute atomic E-state index is 12.8. The van der Waals surface area contributed by atoms with Crippen LogP contribution in [0.1, 0.15) is 61.0 Å². The van der Waals surface area contributed by atoms with E-state index >= 15 is 0 Å². The molecule has 2 aromatic rings. The van der Waals surface area contributed by atoms with Crippen LogP contribution in [0.5, 0.6) is 5.75 Å². The van der Waals surface area contributed by atoms with Gasteiger partial charge in [0.05, 0.1) is 19.3 Å². The number of hydrogen-bond donors (Lipinski definition) is 1. The first-order valence-corrected chi connectivity index (χ1v) is 10.3. The average molecular weight is 401 g/mol. The van der Waals surface area contributed by atoms with E-state index in [1.165, 1.54) is 0 Å². The quantitative estimate of drug-likeness (QED) is 0.576. The highest BCUT2D eigenvalue weighted by Crippen LogP contribution is 2.46. The van der Waals surface area contributed by atoms with Gasteiger partial charge in [-0.3, -0.25) is 0 Å². The molecule has 1 aromatic carbocycles. The molecule has 0 saturated carbocycles. The Bertz CT molecular complexity index is 895. The van der Waals surface area contributed by atoms with Crippen LogP contribution in [0.3, 0.4) is 0 Å². The first-order valence-electron chi connectivity index (χ1n) is 9.47. The molecule has 0 atom stereocenters. The fraction of sp³-hybridized carbons (Fsp3) is 0.455. The van der Waals surface area contributed by atoms with Crippen LogP contribution >= 0.6 is 11.3 Å². The second-order valence-electron chi connectivity index (χ2n) is 8.15. The van der Waals surface area contributed by atoms with Gasteiger partial charge in [-0.1, -0.05) is 0 Å². The van der Waals surface area contributed by atoms with E-state index in [0.29, 0.717) is 17.2 Å². The summed E-state index contributed by atoms with van der Waals surface area (Å²) in [7, 11) is 1.64. The minimum atomic E-state index is -0.296. The molecule has 1 N–H and O–H groups in total. The Morgan fingerprint density at radius 1 is 1.25 bits per heavy atom. The second kappa shape index (κ2) is 7.68. The Labute approximate surface area is 170 Å². The fourth-order valence-electron chi connectivity index (χ4n) is 3.84. The monoisotopic (exact) mass is 400 g/mol. The van der Waals surface area contributed by atoms with Gasteiger partial charge in [0.25, 0.3) is 0 Å². The Morgan fingerprint density at radius 2 is 1.93 bits per heavy atom. The number of rotatable bonds is 5. The maximum Gasteiger partial charge on any atom is 0.341 e. The Balaban J connectivity index is 2.06. The van der Waals surface area contributed by atoms with Crippen LogP contribution in [0.15, 0.2) is 29.3 Å². The van der Waals surface area contributed by atoms with Crippen molar-refractivity contribution in [2.45, 2.75) is 52.1 Å². The second-order valence-corrected chi connectivity index (χ2v) is 9.15. The lowest BCUT2D eigenvalue weighted by atomic mass is 9.81. The van der Waals surface area contributed by atoms with Crippen LogP contribution in [0.2, 0.25) is 0 Å². The van der Waals surface area contributed by atoms with Gasteiger partial charge in [0, 0.05) is 22.2 Å². The molecular weight excluding hydrogens is 372 g/mol. The van der Waals surface area contributed by atoms with Crippen molar-refractivity contribution in [1.82, 2.24) is 5.32 Å². The summed E-state index contributed by atoms with van der Waals surface area (Å²) >= 11 is 1.56. The van der Waals surface area contributed by atoms with Crippen LogP contribution in [-0.2, 0) is 16.7 Å². The van der Waals surface area contributed by atoms with E-state index in [1.54, 1.807) is 24.7 Å². The summed E-state index contributed by atoms with van der Waals surface area (Å²) in [4.78, 5) is 18.6. The van der Waals surface area contributed by atoms with E-state index in [4.69, 9.17) is 9.47 Å². The van der Waals surface area contributed by atoms with E-state index in [2.05, 4.69) is 38.0 Å². The number of hydrogen-bond acceptors (Lipinski definition) is 6. The summed E-state index contributed by atoms with van der Waals surface area (Å²) in [5, 5.41) is 4.38. The van der Waals surface area contributed by atoms with Gasteiger partial charge in [-0.05, 0) is 76.4 Å². The van der Waals surface area contributed by atoms with Gasteiger partial charge >= 0.3 is 5.97 Å². The summed E-state index contributed by atoms with van der Waals surface area (Å²) in [5.41, 5.74) is 2.25. The molecule has 0 amide bonds. The number of carbonyl (C=O) groups excluding carboxylic acids is 1. The van der Waals surface area contributed by atoms with Gasteiger partial charge in [0.2, 0.25) is 0 Å². The Hall–Kier alpha value is -2.18. The van der Waals surface area contributed by atoms with Gasteiger partial charge in [-0.2, -0.15) is 0 Å². The summed E-state index contributed by atoms with van der Waals surface area (Å²) < 4.78 is 10.6. The third kappa shape index (κ3) is 4.13. The van der Waals surface area contributed by atoms with Crippen molar-refractivity contribution < 1.29 is 14.3 Å². The number of thiophene rings is 1. The molecule has 0 unspecified atom stereocenters. The molecule has 28 heavy (non-hydrogen) atoms. The molecule has 6 heteroatoms. The topological polar surface area (TPSA) is 59.9 Å². The number of nitrogens with one attached hydrogen (secondary N) is 1. The first kappa shape index (κ1) is 20.6. The average Bonchev–Trinajstić information content (AvgIpc) is 2.98. The molecule has 3 rings (SSSR count). The van der Waals surface area contributed by atoms with Crippen molar-refractivity contribution in [2.75, 3.05) is 13.7 Å². The number of carbonyl (C=O) groups is 1. The number of methoxy groups -OCH3 is 1. The third-order valence-corrected chi connectivity index (χ3v) is 6.22. The van der Waals surface area contributed by atoms with Crippen LogP contribution in [-0.4, -0.2) is 31.4 Å². The first-order chi connectivity index (χ1) is 13.2. The van der Waals surface area contributed by atoms with Crippen LogP contribution < -0.4 is 10.1 Å². The van der Waals surface area contributed by atoms with E-state index in [0.717, 1.165) is 28.2 Å². The predicted octanol–water partition coefficient (Wildman–Crippen LogP) is 4.84. The lowest BCUT2D eigenvalue weighted by Gasteiger charge is -2.42. The van der Waals surface area contributed by atoms with Crippen molar-refractivity contribution in [3.63, 3.8) is 0 Å². The molecule has 1 aromatic heterocycles. The van der Waals surface area contributed by atoms with E-state index in [1.807, 2.05) is 31.2 Å². The fourth-order valence-corrected chi connectivity index (χ4v) is 5.05. The van der Waals surface area contributed by atoms with E-state index in [9.17, 15) is 4.79 Å². The number of ether oxygens (including phenoxy) is 2. The molecule has 0 spiro atoms. The Morgan fingerprint density at radius 3 is 2.54 bits per heavy atom. The summed E-state index contributed by atoms with van der Waals surface area (Å²) in [6.45, 7) is 10.8. The highest BCUT2D eigenvalue weighted by atomic mass is 32.1. The molecular formula is C22H28N2O3S. The number of aliphatic imine (C=N–C) groups is 1. The Kier molecular flexibility index (Phi) is 5.64. The zero-order valence-corrected chi connectivity index (χ0v) is 18.2. The smallest absolute Gasteiger partial charge is 0.341 e. The standard InChI is InChI=1S/C22H28N2O3S/c1-7-27-20(25)17-16-12-21(2,3)24-22(4,5)18(16)28-19(17)23-13-14-8-10-15(26-6)11-9-14/h8-11,13,24H,7,12H2,1-6H3. The third-order valence-electron chi connectivity index (χ3n) is 4.75. The van der Waals surface area contributed by atoms with Crippen LogP contribution in [0.4, 0.5) is 5.00 Å². The maximum atomic E-state index is 12.8. The van der Waals surface area contributed by atoms with Gasteiger partial charge in [-0.25, -0.2) is 9.79 Å². The molecule has 150 valence electrons. The van der Waals surface area contributed by atoms with Crippen molar-refractivity contribution in [3.05, 3.63) is 45.8 Å². The molecule has 0 saturated heterocycles. The molecule has 0 aliphatic carbocycles. The van der Waals surface area contributed by atoms with Crippen molar-refractivity contribution in [1.29, 1.82) is 0 Å². The van der Waals surface area contributed by atoms with E-state index < -0.39 is 0 Å². The van der Waals surface area contributed by atoms with Crippen LogP contribution in [0.25, 0.3) is 0 Å². The molecule has 1 aliphatic rings. The van der Waals surface area contributed by atoms with Crippen molar-refractivity contribution in [3.8, 4) is 5.75 Å². The number of fused-ring (bicyclic) bond motifs is 1. The lowest BCUT2D eigenvalue weighted by molar-refractivity contribution is 0.0525. The molecule has 1 aliphatic heterocycles. The SMILES string of the molecule is CCOC(=O)c1c(N=Cc2ccc(OC)cc2)sc2c1CC(C)(C)NC2(C)C. The van der Waals surface area contributed by atoms with Crippen molar-refractivity contribution >= 4 is 28.5 Å². The number of esters is 1. The summed E-state index contributed by atoms with van der Waals surface area (Å²) in [6, 6.07) is 7.66. The molecule has 0 bridgehead atoms. The lowest BCUT2D eigenvalue weighted by Crippen LogP contribution is -2.55. The van der Waals surface area contributed by atoms with Gasteiger partial charge < -0.3 is 14.8 Å². The highest BCUT2D eigenvalue weighted by molar-refractivity contribution is 7.16.